The van der Waals surface area contributed by atoms with E-state index in [1.165, 1.54) is 11.6 Å². The third kappa shape index (κ3) is 3.47. The van der Waals surface area contributed by atoms with Gasteiger partial charge in [0, 0.05) is 6.54 Å². The van der Waals surface area contributed by atoms with Gasteiger partial charge in [0.15, 0.2) is 5.76 Å². The highest BCUT2D eigenvalue weighted by molar-refractivity contribution is 5.89. The Hall–Kier alpha value is -3.95. The van der Waals surface area contributed by atoms with Gasteiger partial charge >= 0.3 is 5.97 Å². The van der Waals surface area contributed by atoms with Gasteiger partial charge in [-0.2, -0.15) is 19.5 Å². The van der Waals surface area contributed by atoms with Crippen LogP contribution in [0.15, 0.2) is 47.1 Å². The van der Waals surface area contributed by atoms with Crippen molar-refractivity contribution in [1.29, 1.82) is 0 Å². The summed E-state index contributed by atoms with van der Waals surface area (Å²) < 4.78 is 11.3. The molecular formula is C18H17N7O3. The van der Waals surface area contributed by atoms with E-state index in [9.17, 15) is 4.79 Å². The Bertz CT molecular complexity index is 1100. The Morgan fingerprint density at radius 1 is 1.21 bits per heavy atom. The Balaban J connectivity index is 1.44. The van der Waals surface area contributed by atoms with Gasteiger partial charge in [-0.15, -0.1) is 5.10 Å². The van der Waals surface area contributed by atoms with Crippen molar-refractivity contribution in [2.24, 2.45) is 0 Å². The molecule has 0 spiro atoms. The Morgan fingerprint density at radius 2 is 2.04 bits per heavy atom. The van der Waals surface area contributed by atoms with Crippen molar-refractivity contribution in [3.8, 4) is 11.6 Å². The van der Waals surface area contributed by atoms with E-state index in [1.54, 1.807) is 30.5 Å². The molecule has 0 unspecified atom stereocenters. The lowest BCUT2D eigenvalue weighted by atomic mass is 10.1. The van der Waals surface area contributed by atoms with Gasteiger partial charge in [-0.05, 0) is 36.2 Å². The van der Waals surface area contributed by atoms with Gasteiger partial charge < -0.3 is 20.2 Å². The van der Waals surface area contributed by atoms with Crippen molar-refractivity contribution in [2.45, 2.75) is 6.42 Å². The normalized spacial score (nSPS) is 10.9. The molecule has 0 saturated heterocycles. The van der Waals surface area contributed by atoms with Crippen LogP contribution in [0, 0.1) is 0 Å². The van der Waals surface area contributed by atoms with Crippen molar-refractivity contribution in [3.63, 3.8) is 0 Å². The molecule has 0 amide bonds. The van der Waals surface area contributed by atoms with E-state index in [2.05, 4.69) is 30.1 Å². The molecule has 0 atom stereocenters. The third-order valence-corrected chi connectivity index (χ3v) is 4.05. The number of rotatable bonds is 6. The van der Waals surface area contributed by atoms with E-state index in [0.29, 0.717) is 41.8 Å². The maximum atomic E-state index is 11.5. The van der Waals surface area contributed by atoms with Gasteiger partial charge in [-0.3, -0.25) is 0 Å². The number of methoxy groups -OCH3 is 1. The molecule has 0 radical (unpaired) electrons. The van der Waals surface area contributed by atoms with Crippen LogP contribution in [0.4, 0.5) is 11.9 Å². The second-order valence-corrected chi connectivity index (χ2v) is 5.90. The number of nitrogens with two attached hydrogens (primary N) is 1. The number of ether oxygens (including phenoxy) is 1. The summed E-state index contributed by atoms with van der Waals surface area (Å²) in [5.41, 5.74) is 7.53. The predicted octanol–water partition coefficient (Wildman–Crippen LogP) is 1.80. The van der Waals surface area contributed by atoms with Crippen molar-refractivity contribution in [2.75, 3.05) is 24.7 Å². The largest absolute Gasteiger partial charge is 0.465 e. The monoisotopic (exact) mass is 379 g/mol. The fraction of sp³-hybridized carbons (Fsp3) is 0.167. The predicted molar refractivity (Wildman–Crippen MR) is 101 cm³/mol. The van der Waals surface area contributed by atoms with E-state index in [-0.39, 0.29) is 11.9 Å². The number of benzene rings is 1. The highest BCUT2D eigenvalue weighted by Crippen LogP contribution is 2.17. The molecule has 3 heterocycles. The molecule has 142 valence electrons. The van der Waals surface area contributed by atoms with Gasteiger partial charge in [0.25, 0.3) is 5.78 Å². The number of aromatic nitrogens is 5. The minimum Gasteiger partial charge on any atom is -0.465 e. The Kier molecular flexibility index (Phi) is 4.58. The van der Waals surface area contributed by atoms with Crippen molar-refractivity contribution in [1.82, 2.24) is 24.6 Å². The number of nitrogens with one attached hydrogen (secondary N) is 1. The number of carbonyl (C=O) groups excluding carboxylic acids is 1. The summed E-state index contributed by atoms with van der Waals surface area (Å²) in [4.78, 5) is 24.3. The molecule has 4 rings (SSSR count). The minimum absolute atomic E-state index is 0.167. The zero-order valence-electron chi connectivity index (χ0n) is 15.0. The van der Waals surface area contributed by atoms with Crippen LogP contribution in [0.2, 0.25) is 0 Å². The number of nitrogens with zero attached hydrogens (tertiary/aromatic N) is 5. The van der Waals surface area contributed by atoms with Crippen molar-refractivity contribution < 1.29 is 13.9 Å². The maximum Gasteiger partial charge on any atom is 0.337 e. The molecule has 0 aliphatic carbocycles. The first kappa shape index (κ1) is 17.5. The van der Waals surface area contributed by atoms with E-state index >= 15 is 0 Å². The summed E-state index contributed by atoms with van der Waals surface area (Å²) in [7, 11) is 1.36. The van der Waals surface area contributed by atoms with E-state index in [0.717, 1.165) is 5.56 Å². The molecular weight excluding hydrogens is 362 g/mol. The molecule has 10 heteroatoms. The molecule has 28 heavy (non-hydrogen) atoms. The van der Waals surface area contributed by atoms with Gasteiger partial charge in [-0.1, -0.05) is 12.1 Å². The van der Waals surface area contributed by atoms with Crippen LogP contribution in [0.5, 0.6) is 0 Å². The molecule has 1 aromatic carbocycles. The zero-order valence-corrected chi connectivity index (χ0v) is 15.0. The van der Waals surface area contributed by atoms with E-state index in [1.807, 2.05) is 12.1 Å². The molecule has 3 aromatic heterocycles. The number of hydrogen-bond acceptors (Lipinski definition) is 9. The van der Waals surface area contributed by atoms with Crippen LogP contribution in [0.1, 0.15) is 15.9 Å². The molecule has 0 bridgehead atoms. The average molecular weight is 379 g/mol. The summed E-state index contributed by atoms with van der Waals surface area (Å²) in [6.07, 6.45) is 2.25. The Labute approximate surface area is 159 Å². The highest BCUT2D eigenvalue weighted by Gasteiger charge is 2.13. The smallest absolute Gasteiger partial charge is 0.337 e. The summed E-state index contributed by atoms with van der Waals surface area (Å²) in [5.74, 6) is 1.39. The standard InChI is InChI=1S/C18H17N7O3/c1-27-15(26)12-6-4-11(5-7-12)8-9-20-17-22-16(19)25-18(23-17)21-14(24-25)13-3-2-10-28-13/h2-7,10H,8-9H2,1H3,(H3,19,20,21,22,23,24). The first-order valence-corrected chi connectivity index (χ1v) is 8.49. The van der Waals surface area contributed by atoms with Crippen LogP contribution < -0.4 is 11.1 Å². The van der Waals surface area contributed by atoms with Crippen LogP contribution in [-0.2, 0) is 11.2 Å². The topological polar surface area (TPSA) is 133 Å². The van der Waals surface area contributed by atoms with Crippen molar-refractivity contribution >= 4 is 23.6 Å². The molecule has 0 aliphatic heterocycles. The summed E-state index contributed by atoms with van der Waals surface area (Å²) in [5, 5.41) is 7.37. The third-order valence-electron chi connectivity index (χ3n) is 4.05. The van der Waals surface area contributed by atoms with Crippen LogP contribution in [0.3, 0.4) is 0 Å². The number of anilines is 2. The minimum atomic E-state index is -0.357. The SMILES string of the molecule is COC(=O)c1ccc(CCNc2nc(N)n3nc(-c4ccco4)nc3n2)cc1. The molecule has 3 N–H and O–H groups in total. The fourth-order valence-electron chi connectivity index (χ4n) is 2.64. The average Bonchev–Trinajstić information content (AvgIpc) is 3.38. The number of furan rings is 1. The number of carbonyl (C=O) groups is 1. The summed E-state index contributed by atoms with van der Waals surface area (Å²) in [6.45, 7) is 0.576. The lowest BCUT2D eigenvalue weighted by Gasteiger charge is -2.06. The van der Waals surface area contributed by atoms with E-state index < -0.39 is 0 Å². The molecule has 0 aliphatic rings. The first-order chi connectivity index (χ1) is 13.6. The van der Waals surface area contributed by atoms with Crippen LogP contribution in [0.25, 0.3) is 17.4 Å². The zero-order chi connectivity index (χ0) is 19.5. The first-order valence-electron chi connectivity index (χ1n) is 8.49. The second kappa shape index (κ2) is 7.35. The van der Waals surface area contributed by atoms with Gasteiger partial charge in [-0.25, -0.2) is 4.79 Å². The Morgan fingerprint density at radius 3 is 2.75 bits per heavy atom. The number of hydrogen-bond donors (Lipinski definition) is 2. The van der Waals surface area contributed by atoms with Crippen molar-refractivity contribution in [3.05, 3.63) is 53.8 Å². The lowest BCUT2D eigenvalue weighted by molar-refractivity contribution is 0.0600. The van der Waals surface area contributed by atoms with E-state index in [4.69, 9.17) is 10.2 Å². The second-order valence-electron chi connectivity index (χ2n) is 5.90. The van der Waals surface area contributed by atoms with Crippen LogP contribution >= 0.6 is 0 Å². The van der Waals surface area contributed by atoms with Gasteiger partial charge in [0.2, 0.25) is 17.7 Å². The fourth-order valence-corrected chi connectivity index (χ4v) is 2.64. The quantitative estimate of drug-likeness (QED) is 0.481. The number of fused-ring (bicyclic) bond motifs is 1. The lowest BCUT2D eigenvalue weighted by Crippen LogP contribution is -2.12. The van der Waals surface area contributed by atoms with Gasteiger partial charge in [0.1, 0.15) is 0 Å². The molecule has 0 saturated carbocycles. The highest BCUT2D eigenvalue weighted by atomic mass is 16.5. The number of esters is 1. The summed E-state index contributed by atoms with van der Waals surface area (Å²) in [6, 6.07) is 10.7. The molecule has 4 aromatic rings. The maximum absolute atomic E-state index is 11.5. The molecule has 10 nitrogen and oxygen atoms in total. The summed E-state index contributed by atoms with van der Waals surface area (Å²) >= 11 is 0. The number of nitrogen functional groups attached to an aromatic ring is 1. The molecule has 0 fully saturated rings. The van der Waals surface area contributed by atoms with Gasteiger partial charge in [0.05, 0.1) is 18.9 Å². The van der Waals surface area contributed by atoms with Crippen LogP contribution in [-0.4, -0.2) is 44.2 Å².